The van der Waals surface area contributed by atoms with Gasteiger partial charge in [-0.2, -0.15) is 0 Å². The van der Waals surface area contributed by atoms with E-state index in [2.05, 4.69) is 0 Å². The maximum atomic E-state index is 11.0. The minimum Gasteiger partial charge on any atom is -0.483 e. The van der Waals surface area contributed by atoms with Crippen LogP contribution in [0.5, 0.6) is 5.75 Å². The van der Waals surface area contributed by atoms with E-state index < -0.39 is 0 Å². The van der Waals surface area contributed by atoms with Crippen molar-refractivity contribution in [3.63, 3.8) is 0 Å². The van der Waals surface area contributed by atoms with Crippen LogP contribution in [0.15, 0.2) is 24.3 Å². The summed E-state index contributed by atoms with van der Waals surface area (Å²) in [6.07, 6.45) is 0. The molecule has 0 unspecified atom stereocenters. The van der Waals surface area contributed by atoms with Crippen LogP contribution in [-0.4, -0.2) is 49.7 Å². The van der Waals surface area contributed by atoms with Crippen LogP contribution in [0.1, 0.15) is 10.4 Å². The van der Waals surface area contributed by atoms with Crippen LogP contribution in [-0.2, 0) is 4.79 Å². The molecule has 1 N–H and O–H groups in total. The van der Waals surface area contributed by atoms with Gasteiger partial charge in [-0.15, -0.1) is 0 Å². The number of para-hydroxylation sites is 1. The molecule has 0 spiro atoms. The first-order valence-corrected chi connectivity index (χ1v) is 4.89. The molecule has 70 valence electrons. The number of carbonyl (C=O) groups is 2. The van der Waals surface area contributed by atoms with Gasteiger partial charge in [0.05, 0.1) is 0 Å². The molecule has 0 heterocycles. The van der Waals surface area contributed by atoms with Gasteiger partial charge in [0.15, 0.2) is 0 Å². The van der Waals surface area contributed by atoms with Crippen LogP contribution < -0.4 is 4.74 Å². The molecule has 4 nitrogen and oxygen atoms in total. The molecule has 14 heavy (non-hydrogen) atoms. The summed E-state index contributed by atoms with van der Waals surface area (Å²) in [5, 5.41) is 6.89. The van der Waals surface area contributed by atoms with Crippen LogP contribution >= 0.6 is 0 Å². The molecule has 0 aliphatic heterocycles. The van der Waals surface area contributed by atoms with Gasteiger partial charge in [0, 0.05) is 0 Å². The summed E-state index contributed by atoms with van der Waals surface area (Å²) in [4.78, 5) is 19.4. The zero-order valence-corrected chi connectivity index (χ0v) is 10.1. The second kappa shape index (κ2) is 7.55. The number of benzene rings is 1. The summed E-state index contributed by atoms with van der Waals surface area (Å²) in [7, 11) is 1.57. The largest absolute Gasteiger partial charge is 0.483 e. The summed E-state index contributed by atoms with van der Waals surface area (Å²) in [5.74, 6) is 0.674. The van der Waals surface area contributed by atoms with Gasteiger partial charge in [-0.1, -0.05) is 0 Å². The minimum absolute atomic E-state index is 0.169. The molecule has 0 atom stereocenters. The second-order valence-electron chi connectivity index (χ2n) is 2.36. The van der Waals surface area contributed by atoms with Crippen molar-refractivity contribution in [2.24, 2.45) is 0 Å². The Kier molecular flexibility index (Phi) is 7.10. The summed E-state index contributed by atoms with van der Waals surface area (Å²) in [5.41, 5.74) is 0.696. The number of methoxy groups -OCH3 is 1. The van der Waals surface area contributed by atoms with Crippen molar-refractivity contribution >= 4 is 37.4 Å². The Morgan fingerprint density at radius 1 is 1.50 bits per heavy atom. The van der Waals surface area contributed by atoms with Crippen LogP contribution in [0.25, 0.3) is 0 Å². The van der Waals surface area contributed by atoms with Crippen LogP contribution in [0.4, 0.5) is 0 Å². The van der Waals surface area contributed by atoms with Gasteiger partial charge in [0.2, 0.25) is 0 Å². The maximum Gasteiger partial charge on any atom is 0.290 e. The smallest absolute Gasteiger partial charge is 0.290 e. The Bertz CT molecular complexity index is 311. The number of carboxylic acid groups (broad SMARTS) is 1. The van der Waals surface area contributed by atoms with E-state index >= 15 is 0 Å². The fourth-order valence-electron chi connectivity index (χ4n) is 0.935. The van der Waals surface area contributed by atoms with Crippen molar-refractivity contribution in [1.82, 2.24) is 0 Å². The van der Waals surface area contributed by atoms with E-state index in [1.165, 1.54) is 0 Å². The van der Waals surface area contributed by atoms with Crippen molar-refractivity contribution in [2.45, 2.75) is 0 Å². The molecule has 0 fully saturated rings. The summed E-state index contributed by atoms with van der Waals surface area (Å²) < 4.78 is 5.18. The first-order valence-electron chi connectivity index (χ1n) is 3.89. The van der Waals surface area contributed by atoms with E-state index in [0.717, 1.165) is 0 Å². The van der Waals surface area contributed by atoms with E-state index in [9.17, 15) is 4.79 Å². The third-order valence-electron chi connectivity index (χ3n) is 1.49. The van der Waals surface area contributed by atoms with Crippen LogP contribution in [0, 0.1) is 0 Å². The summed E-state index contributed by atoms with van der Waals surface area (Å²) in [6, 6.07) is 7.28. The van der Waals surface area contributed by atoms with Gasteiger partial charge in [-0.3, -0.25) is 4.79 Å². The molecule has 0 aliphatic carbocycles. The number of hydrogen-bond acceptors (Lipinski definition) is 3. The molecular formula is C9H9NaO4. The topological polar surface area (TPSA) is 63.6 Å². The minimum atomic E-state index is -0.250. The standard InChI is InChI=1S/C8H7O2.CH2O2.Na/c1-10-8-5-3-2-4-7(8)6-9;2-1-3;/h2-5H,1H3;1H,(H,2,3);. The molecule has 0 saturated carbocycles. The number of carbonyl (C=O) groups excluding carboxylic acids is 1. The Hall–Kier alpha value is -0.840. The third-order valence-corrected chi connectivity index (χ3v) is 2.02. The van der Waals surface area contributed by atoms with Gasteiger partial charge < -0.3 is 5.11 Å². The summed E-state index contributed by atoms with van der Waals surface area (Å²) in [6.45, 7) is -0.250. The van der Waals surface area contributed by atoms with Gasteiger partial charge in [-0.05, 0) is 0 Å². The summed E-state index contributed by atoms with van der Waals surface area (Å²) >= 11 is 0.541. The Morgan fingerprint density at radius 2 is 2.00 bits per heavy atom. The van der Waals surface area contributed by atoms with Gasteiger partial charge >= 0.3 is 83.2 Å². The van der Waals surface area contributed by atoms with Crippen LogP contribution in [0.3, 0.4) is 0 Å². The molecule has 5 heteroatoms. The predicted octanol–water partition coefficient (Wildman–Crippen LogP) is 0.705. The molecule has 0 bridgehead atoms. The van der Waals surface area contributed by atoms with Gasteiger partial charge in [0.25, 0.3) is 6.47 Å². The fourth-order valence-corrected chi connectivity index (χ4v) is 1.35. The number of hydrogen-bond donors (Lipinski definition) is 1. The number of rotatable bonds is 2. The second-order valence-corrected chi connectivity index (χ2v) is 3.27. The molecule has 0 radical (unpaired) electrons. The van der Waals surface area contributed by atoms with Gasteiger partial charge in [-0.25, -0.2) is 0 Å². The average molecular weight is 204 g/mol. The zero-order valence-electron chi connectivity index (χ0n) is 8.06. The van der Waals surface area contributed by atoms with E-state index in [1.807, 2.05) is 12.1 Å². The van der Waals surface area contributed by atoms with Crippen molar-refractivity contribution in [1.29, 1.82) is 0 Å². The molecule has 0 saturated heterocycles. The van der Waals surface area contributed by atoms with Crippen molar-refractivity contribution in [3.05, 3.63) is 29.8 Å². The zero-order chi connectivity index (χ0) is 11.0. The van der Waals surface area contributed by atoms with E-state index in [1.54, 1.807) is 19.2 Å². The molecular weight excluding hydrogens is 195 g/mol. The molecule has 1 aromatic rings. The fraction of sp³-hybridized carbons (Fsp3) is 0.111. The van der Waals surface area contributed by atoms with E-state index in [4.69, 9.17) is 14.6 Å². The predicted molar refractivity (Wildman–Crippen MR) is 51.8 cm³/mol. The molecule has 0 aliphatic rings. The van der Waals surface area contributed by atoms with Crippen LogP contribution in [0.2, 0.25) is 0 Å². The molecule has 0 amide bonds. The Morgan fingerprint density at radius 3 is 2.36 bits per heavy atom. The normalized spacial score (nSPS) is 8.21. The first kappa shape index (κ1) is 13.2. The van der Waals surface area contributed by atoms with Gasteiger partial charge in [0.1, 0.15) is 0 Å². The Labute approximate surface area is 99.3 Å². The third kappa shape index (κ3) is 4.41. The molecule has 1 aromatic carbocycles. The SMILES string of the molecule is COc1ccccc1[C](=O)[Na].O=CO. The first-order chi connectivity index (χ1) is 6.67. The average Bonchev–Trinajstić information content (AvgIpc) is 2.19. The van der Waals surface area contributed by atoms with Crippen molar-refractivity contribution in [2.75, 3.05) is 7.11 Å². The molecule has 0 aromatic heterocycles. The Balaban J connectivity index is 0.000000500. The maximum absolute atomic E-state index is 11.0. The molecule has 1 rings (SSSR count). The van der Waals surface area contributed by atoms with Crippen molar-refractivity contribution < 1.29 is 19.4 Å². The van der Waals surface area contributed by atoms with E-state index in [-0.39, 0.29) is 9.50 Å². The monoisotopic (exact) mass is 204 g/mol. The van der Waals surface area contributed by atoms with E-state index in [0.29, 0.717) is 39.2 Å². The quantitative estimate of drug-likeness (QED) is 0.569. The van der Waals surface area contributed by atoms with Crippen molar-refractivity contribution in [3.8, 4) is 5.75 Å². The number of ether oxygens (including phenoxy) is 1.